The molecule has 0 saturated carbocycles. The van der Waals surface area contributed by atoms with Crippen molar-refractivity contribution in [1.29, 1.82) is 0 Å². The molecule has 0 bridgehead atoms. The van der Waals surface area contributed by atoms with Crippen LogP contribution in [0.25, 0.3) is 32.6 Å². The molecule has 0 aliphatic rings. The first-order chi connectivity index (χ1) is 12.4. The number of hydrogen-bond acceptors (Lipinski definition) is 3. The summed E-state index contributed by atoms with van der Waals surface area (Å²) in [5.41, 5.74) is 5.75. The summed E-state index contributed by atoms with van der Waals surface area (Å²) in [7, 11) is 0. The predicted molar refractivity (Wildman–Crippen MR) is 112 cm³/mol. The number of pyridine rings is 1. The largest absolute Gasteiger partial charge is 0.256 e. The van der Waals surface area contributed by atoms with Gasteiger partial charge in [-0.25, -0.2) is 4.98 Å². The summed E-state index contributed by atoms with van der Waals surface area (Å²) in [6, 6.07) is 17.3. The van der Waals surface area contributed by atoms with Crippen LogP contribution in [0.3, 0.4) is 0 Å². The third-order valence-corrected chi connectivity index (χ3v) is 5.60. The standard InChI is InChI=1S/C23H22N2S/c1-15-14-26-22(25-15)17-9-10-24-21(13-17)18-11-16-7-5-6-8-19(16)20(12-18)23(2,3)4/h5-14H,1-4H3. The zero-order valence-corrected chi connectivity index (χ0v) is 16.4. The monoisotopic (exact) mass is 358 g/mol. The molecule has 0 saturated heterocycles. The Bertz CT molecular complexity index is 1090. The maximum Gasteiger partial charge on any atom is 0.123 e. The molecule has 4 rings (SSSR count). The molecule has 0 aliphatic carbocycles. The molecule has 0 unspecified atom stereocenters. The van der Waals surface area contributed by atoms with Gasteiger partial charge in [-0.05, 0) is 52.9 Å². The summed E-state index contributed by atoms with van der Waals surface area (Å²) in [6.07, 6.45) is 1.88. The van der Waals surface area contributed by atoms with Crippen LogP contribution in [0.5, 0.6) is 0 Å². The third-order valence-electron chi connectivity index (χ3n) is 4.59. The van der Waals surface area contributed by atoms with E-state index in [1.165, 1.54) is 16.3 Å². The van der Waals surface area contributed by atoms with Gasteiger partial charge >= 0.3 is 0 Å². The van der Waals surface area contributed by atoms with Crippen LogP contribution in [-0.4, -0.2) is 9.97 Å². The van der Waals surface area contributed by atoms with Crippen LogP contribution >= 0.6 is 11.3 Å². The molecule has 0 spiro atoms. The van der Waals surface area contributed by atoms with Crippen molar-refractivity contribution >= 4 is 22.1 Å². The summed E-state index contributed by atoms with van der Waals surface area (Å²) in [4.78, 5) is 9.26. The molecule has 3 heteroatoms. The van der Waals surface area contributed by atoms with Crippen molar-refractivity contribution in [2.75, 3.05) is 0 Å². The molecule has 2 aromatic heterocycles. The number of rotatable bonds is 2. The number of nitrogens with zero attached hydrogens (tertiary/aromatic N) is 2. The van der Waals surface area contributed by atoms with Crippen LogP contribution in [-0.2, 0) is 5.41 Å². The molecule has 0 atom stereocenters. The molecule has 0 radical (unpaired) electrons. The van der Waals surface area contributed by atoms with Crippen LogP contribution in [0, 0.1) is 6.92 Å². The summed E-state index contributed by atoms with van der Waals surface area (Å²) >= 11 is 1.68. The lowest BCUT2D eigenvalue weighted by molar-refractivity contribution is 0.596. The maximum absolute atomic E-state index is 4.65. The first kappa shape index (κ1) is 16.9. The molecule has 2 aromatic carbocycles. The van der Waals surface area contributed by atoms with E-state index in [1.807, 2.05) is 19.2 Å². The second kappa shape index (κ2) is 6.33. The SMILES string of the molecule is Cc1csc(-c2ccnc(-c3cc(C(C)(C)C)c4ccccc4c3)c2)n1. The Morgan fingerprint density at radius 2 is 1.73 bits per heavy atom. The molecule has 0 N–H and O–H groups in total. The van der Waals surface area contributed by atoms with Crippen LogP contribution in [0.4, 0.5) is 0 Å². The first-order valence-corrected chi connectivity index (χ1v) is 9.72. The van der Waals surface area contributed by atoms with Gasteiger partial charge in [0.1, 0.15) is 5.01 Å². The summed E-state index contributed by atoms with van der Waals surface area (Å²) < 4.78 is 0. The van der Waals surface area contributed by atoms with E-state index in [-0.39, 0.29) is 5.41 Å². The summed E-state index contributed by atoms with van der Waals surface area (Å²) in [6.45, 7) is 8.82. The normalized spacial score (nSPS) is 11.8. The van der Waals surface area contributed by atoms with Gasteiger partial charge in [0.15, 0.2) is 0 Å². The second-order valence-electron chi connectivity index (χ2n) is 7.72. The smallest absolute Gasteiger partial charge is 0.123 e. The number of hydrogen-bond donors (Lipinski definition) is 0. The molecule has 0 aliphatic heterocycles. The Kier molecular flexibility index (Phi) is 4.12. The van der Waals surface area contributed by atoms with Gasteiger partial charge in [-0.1, -0.05) is 45.0 Å². The highest BCUT2D eigenvalue weighted by molar-refractivity contribution is 7.13. The minimum Gasteiger partial charge on any atom is -0.256 e. The number of aryl methyl sites for hydroxylation is 1. The Hall–Kier alpha value is -2.52. The molecule has 0 fully saturated rings. The van der Waals surface area contributed by atoms with E-state index in [0.717, 1.165) is 27.5 Å². The van der Waals surface area contributed by atoms with E-state index in [9.17, 15) is 0 Å². The van der Waals surface area contributed by atoms with Crippen molar-refractivity contribution in [1.82, 2.24) is 9.97 Å². The van der Waals surface area contributed by atoms with Gasteiger partial charge in [0.25, 0.3) is 0 Å². The third kappa shape index (κ3) is 3.15. The molecule has 0 amide bonds. The van der Waals surface area contributed by atoms with Crippen LogP contribution in [0.2, 0.25) is 0 Å². The first-order valence-electron chi connectivity index (χ1n) is 8.84. The minimum absolute atomic E-state index is 0.0691. The van der Waals surface area contributed by atoms with Crippen LogP contribution in [0.1, 0.15) is 32.0 Å². The lowest BCUT2D eigenvalue weighted by Gasteiger charge is -2.22. The minimum atomic E-state index is 0.0691. The van der Waals surface area contributed by atoms with Crippen LogP contribution < -0.4 is 0 Å². The van der Waals surface area contributed by atoms with E-state index < -0.39 is 0 Å². The zero-order valence-electron chi connectivity index (χ0n) is 15.6. The fourth-order valence-corrected chi connectivity index (χ4v) is 4.08. The number of benzene rings is 2. The molecule has 2 nitrogen and oxygen atoms in total. The van der Waals surface area contributed by atoms with Crippen molar-refractivity contribution in [3.8, 4) is 21.8 Å². The molecule has 4 aromatic rings. The van der Waals surface area contributed by atoms with E-state index >= 15 is 0 Å². The van der Waals surface area contributed by atoms with Gasteiger partial charge in [-0.2, -0.15) is 0 Å². The van der Waals surface area contributed by atoms with Gasteiger partial charge in [0.05, 0.1) is 5.69 Å². The highest BCUT2D eigenvalue weighted by Gasteiger charge is 2.18. The van der Waals surface area contributed by atoms with Crippen molar-refractivity contribution in [2.45, 2.75) is 33.1 Å². The van der Waals surface area contributed by atoms with Crippen LogP contribution in [0.15, 0.2) is 60.1 Å². The second-order valence-corrected chi connectivity index (χ2v) is 8.58. The van der Waals surface area contributed by atoms with E-state index in [0.29, 0.717) is 0 Å². The zero-order chi connectivity index (χ0) is 18.3. The van der Waals surface area contributed by atoms with E-state index in [1.54, 1.807) is 11.3 Å². The number of thiazole rings is 1. The number of fused-ring (bicyclic) bond motifs is 1. The van der Waals surface area contributed by atoms with E-state index in [2.05, 4.69) is 78.6 Å². The van der Waals surface area contributed by atoms with Gasteiger partial charge in [0.2, 0.25) is 0 Å². The molecular weight excluding hydrogens is 336 g/mol. The van der Waals surface area contributed by atoms with Crippen molar-refractivity contribution in [3.05, 3.63) is 71.4 Å². The lowest BCUT2D eigenvalue weighted by Crippen LogP contribution is -2.12. The Morgan fingerprint density at radius 3 is 2.46 bits per heavy atom. The quantitative estimate of drug-likeness (QED) is 0.402. The summed E-state index contributed by atoms with van der Waals surface area (Å²) in [5, 5.41) is 5.70. The highest BCUT2D eigenvalue weighted by atomic mass is 32.1. The van der Waals surface area contributed by atoms with E-state index in [4.69, 9.17) is 0 Å². The molecular formula is C23H22N2S. The predicted octanol–water partition coefficient (Wildman–Crippen LogP) is 6.63. The Labute approximate surface area is 158 Å². The van der Waals surface area contributed by atoms with Gasteiger partial charge < -0.3 is 0 Å². The lowest BCUT2D eigenvalue weighted by atomic mass is 9.82. The van der Waals surface area contributed by atoms with Crippen molar-refractivity contribution in [3.63, 3.8) is 0 Å². The highest BCUT2D eigenvalue weighted by Crippen LogP contribution is 2.35. The number of aromatic nitrogens is 2. The Morgan fingerprint density at radius 1 is 0.923 bits per heavy atom. The van der Waals surface area contributed by atoms with Crippen molar-refractivity contribution in [2.24, 2.45) is 0 Å². The molecule has 26 heavy (non-hydrogen) atoms. The van der Waals surface area contributed by atoms with Gasteiger partial charge in [-0.3, -0.25) is 4.98 Å². The molecule has 2 heterocycles. The average Bonchev–Trinajstić information content (AvgIpc) is 3.06. The fourth-order valence-electron chi connectivity index (χ4n) is 3.29. The molecule has 130 valence electrons. The summed E-state index contributed by atoms with van der Waals surface area (Å²) in [5.74, 6) is 0. The fraction of sp³-hybridized carbons (Fsp3) is 0.217. The average molecular weight is 359 g/mol. The van der Waals surface area contributed by atoms with Gasteiger partial charge in [-0.15, -0.1) is 11.3 Å². The Balaban J connectivity index is 1.90. The maximum atomic E-state index is 4.65. The topological polar surface area (TPSA) is 25.8 Å². The van der Waals surface area contributed by atoms with Crippen molar-refractivity contribution < 1.29 is 0 Å². The van der Waals surface area contributed by atoms with Gasteiger partial charge in [0, 0.05) is 28.4 Å².